The lowest BCUT2D eigenvalue weighted by Crippen LogP contribution is -2.38. The molecule has 0 aliphatic heterocycles. The maximum Gasteiger partial charge on any atom is 0.342 e. The third kappa shape index (κ3) is 3.47. The van der Waals surface area contributed by atoms with E-state index >= 15 is 0 Å². The maximum absolute atomic E-state index is 11.8. The number of benzene rings is 1. The molecule has 8 nitrogen and oxygen atoms in total. The lowest BCUT2D eigenvalue weighted by atomic mass is 10.1. The van der Waals surface area contributed by atoms with Crippen molar-refractivity contribution in [3.05, 3.63) is 33.9 Å². The number of carbonyl (C=O) groups excluding carboxylic acids is 1. The number of carboxylic acids is 1. The lowest BCUT2D eigenvalue weighted by Gasteiger charge is -2.15. The molecule has 1 fully saturated rings. The Labute approximate surface area is 120 Å². The number of nitrogens with zero attached hydrogens (tertiary/aromatic N) is 1. The van der Waals surface area contributed by atoms with E-state index in [1.807, 2.05) is 0 Å². The van der Waals surface area contributed by atoms with E-state index in [1.165, 1.54) is 12.1 Å². The number of rotatable bonds is 6. The van der Waals surface area contributed by atoms with Crippen LogP contribution in [0.3, 0.4) is 0 Å². The summed E-state index contributed by atoms with van der Waals surface area (Å²) < 4.78 is 0. The van der Waals surface area contributed by atoms with Gasteiger partial charge >= 0.3 is 11.7 Å². The second kappa shape index (κ2) is 5.78. The largest absolute Gasteiger partial charge is 0.477 e. The van der Waals surface area contributed by atoms with E-state index in [0.29, 0.717) is 0 Å². The van der Waals surface area contributed by atoms with E-state index in [-0.39, 0.29) is 17.6 Å². The molecule has 0 bridgehead atoms. The van der Waals surface area contributed by atoms with Crippen LogP contribution in [-0.4, -0.2) is 34.0 Å². The first-order chi connectivity index (χ1) is 9.90. The summed E-state index contributed by atoms with van der Waals surface area (Å²) in [6.07, 6.45) is 1.88. The fourth-order valence-electron chi connectivity index (χ4n) is 1.88. The van der Waals surface area contributed by atoms with Crippen molar-refractivity contribution in [1.82, 2.24) is 5.32 Å². The van der Waals surface area contributed by atoms with Gasteiger partial charge in [-0.05, 0) is 31.9 Å². The maximum atomic E-state index is 11.8. The molecule has 1 saturated carbocycles. The van der Waals surface area contributed by atoms with Crippen molar-refractivity contribution in [2.45, 2.75) is 31.8 Å². The second-order valence-electron chi connectivity index (χ2n) is 4.91. The first-order valence-corrected chi connectivity index (χ1v) is 6.47. The van der Waals surface area contributed by atoms with Crippen molar-refractivity contribution < 1.29 is 19.6 Å². The van der Waals surface area contributed by atoms with Gasteiger partial charge in [-0.2, -0.15) is 0 Å². The van der Waals surface area contributed by atoms with E-state index in [4.69, 9.17) is 5.11 Å². The van der Waals surface area contributed by atoms with Gasteiger partial charge in [0, 0.05) is 6.04 Å². The third-order valence-corrected chi connectivity index (χ3v) is 3.14. The number of para-hydroxylation sites is 1. The van der Waals surface area contributed by atoms with Crippen molar-refractivity contribution in [2.24, 2.45) is 0 Å². The summed E-state index contributed by atoms with van der Waals surface area (Å²) >= 11 is 0. The first kappa shape index (κ1) is 14.8. The van der Waals surface area contributed by atoms with Gasteiger partial charge in [-0.25, -0.2) is 4.79 Å². The van der Waals surface area contributed by atoms with Crippen molar-refractivity contribution >= 4 is 23.3 Å². The van der Waals surface area contributed by atoms with Crippen LogP contribution in [0.5, 0.6) is 0 Å². The van der Waals surface area contributed by atoms with Gasteiger partial charge in [-0.3, -0.25) is 14.9 Å². The van der Waals surface area contributed by atoms with Crippen LogP contribution in [0.2, 0.25) is 0 Å². The van der Waals surface area contributed by atoms with Gasteiger partial charge < -0.3 is 15.7 Å². The Bertz CT molecular complexity index is 597. The van der Waals surface area contributed by atoms with E-state index in [1.54, 1.807) is 6.92 Å². The normalized spacial score (nSPS) is 15.1. The van der Waals surface area contributed by atoms with Crippen LogP contribution >= 0.6 is 0 Å². The number of nitro groups is 1. The average Bonchev–Trinajstić information content (AvgIpc) is 3.21. The molecule has 0 radical (unpaired) electrons. The number of amides is 1. The highest BCUT2D eigenvalue weighted by Crippen LogP contribution is 2.29. The van der Waals surface area contributed by atoms with E-state index < -0.39 is 28.2 Å². The molecule has 3 N–H and O–H groups in total. The third-order valence-electron chi connectivity index (χ3n) is 3.14. The lowest BCUT2D eigenvalue weighted by molar-refractivity contribution is -0.384. The van der Waals surface area contributed by atoms with Crippen LogP contribution in [0.15, 0.2) is 18.2 Å². The van der Waals surface area contributed by atoms with E-state index in [9.17, 15) is 19.7 Å². The van der Waals surface area contributed by atoms with Gasteiger partial charge in [-0.15, -0.1) is 0 Å². The summed E-state index contributed by atoms with van der Waals surface area (Å²) in [7, 11) is 0. The highest BCUT2D eigenvalue weighted by molar-refractivity contribution is 5.96. The van der Waals surface area contributed by atoms with Crippen LogP contribution in [0.25, 0.3) is 0 Å². The topological polar surface area (TPSA) is 122 Å². The van der Waals surface area contributed by atoms with E-state index in [2.05, 4.69) is 10.6 Å². The summed E-state index contributed by atoms with van der Waals surface area (Å²) in [6, 6.07) is 3.41. The molecule has 1 aliphatic rings. The predicted octanol–water partition coefficient (Wildman–Crippen LogP) is 1.37. The zero-order valence-electron chi connectivity index (χ0n) is 11.3. The molecular weight excluding hydrogens is 278 g/mol. The Morgan fingerprint density at radius 2 is 2.10 bits per heavy atom. The number of carboxylic acid groups (broad SMARTS) is 1. The van der Waals surface area contributed by atoms with Crippen LogP contribution in [0.4, 0.5) is 11.4 Å². The first-order valence-electron chi connectivity index (χ1n) is 6.47. The molecule has 1 atom stereocenters. The minimum absolute atomic E-state index is 0.0124. The Hall–Kier alpha value is -2.64. The van der Waals surface area contributed by atoms with E-state index in [0.717, 1.165) is 18.9 Å². The quantitative estimate of drug-likeness (QED) is 0.538. The average molecular weight is 293 g/mol. The van der Waals surface area contributed by atoms with Crippen molar-refractivity contribution in [2.75, 3.05) is 5.32 Å². The second-order valence-corrected chi connectivity index (χ2v) is 4.91. The highest BCUT2D eigenvalue weighted by Gasteiger charge is 2.28. The van der Waals surface area contributed by atoms with Crippen LogP contribution < -0.4 is 10.6 Å². The molecular formula is C13H15N3O5. The Morgan fingerprint density at radius 3 is 2.62 bits per heavy atom. The van der Waals surface area contributed by atoms with Crippen LogP contribution in [0.1, 0.15) is 30.1 Å². The Balaban J connectivity index is 2.22. The molecule has 1 aromatic carbocycles. The Kier molecular flexibility index (Phi) is 4.06. The fourth-order valence-corrected chi connectivity index (χ4v) is 1.88. The zero-order chi connectivity index (χ0) is 15.6. The number of hydrogen-bond donors (Lipinski definition) is 3. The Morgan fingerprint density at radius 1 is 1.43 bits per heavy atom. The number of nitro benzene ring substituents is 1. The molecule has 0 spiro atoms. The van der Waals surface area contributed by atoms with Gasteiger partial charge in [0.2, 0.25) is 5.91 Å². The summed E-state index contributed by atoms with van der Waals surface area (Å²) in [5, 5.41) is 25.6. The summed E-state index contributed by atoms with van der Waals surface area (Å²) in [4.78, 5) is 33.2. The fraction of sp³-hybridized carbons (Fsp3) is 0.385. The summed E-state index contributed by atoms with van der Waals surface area (Å²) in [6.45, 7) is 1.56. The molecule has 1 amide bonds. The smallest absolute Gasteiger partial charge is 0.342 e. The zero-order valence-corrected chi connectivity index (χ0v) is 11.3. The standard InChI is InChI=1S/C13H15N3O5/c1-7(12(17)15-8-5-6-8)14-10-4-2-3-9(13(18)19)11(10)16(20)21/h2-4,7-8,14H,5-6H2,1H3,(H,15,17)(H,18,19). The molecule has 2 rings (SSSR count). The van der Waals surface area contributed by atoms with Crippen molar-refractivity contribution in [3.8, 4) is 0 Å². The highest BCUT2D eigenvalue weighted by atomic mass is 16.6. The number of anilines is 1. The molecule has 21 heavy (non-hydrogen) atoms. The minimum atomic E-state index is -1.39. The summed E-state index contributed by atoms with van der Waals surface area (Å²) in [5.41, 5.74) is -0.950. The van der Waals surface area contributed by atoms with Gasteiger partial charge in [0.05, 0.1) is 4.92 Å². The molecule has 112 valence electrons. The molecule has 1 aromatic rings. The number of nitrogens with one attached hydrogen (secondary N) is 2. The van der Waals surface area contributed by atoms with Crippen LogP contribution in [-0.2, 0) is 4.79 Å². The molecule has 1 unspecified atom stereocenters. The van der Waals surface area contributed by atoms with Gasteiger partial charge in [0.15, 0.2) is 0 Å². The SMILES string of the molecule is CC(Nc1cccc(C(=O)O)c1[N+](=O)[O-])C(=O)NC1CC1. The molecule has 1 aliphatic carbocycles. The number of aromatic carboxylic acids is 1. The van der Waals surface area contributed by atoms with Crippen molar-refractivity contribution in [3.63, 3.8) is 0 Å². The van der Waals surface area contributed by atoms with Gasteiger partial charge in [-0.1, -0.05) is 6.07 Å². The summed E-state index contributed by atoms with van der Waals surface area (Å²) in [5.74, 6) is -1.66. The molecule has 0 heterocycles. The molecule has 8 heteroatoms. The van der Waals surface area contributed by atoms with Crippen LogP contribution in [0, 0.1) is 10.1 Å². The number of hydrogen-bond acceptors (Lipinski definition) is 5. The molecule has 0 saturated heterocycles. The number of carbonyl (C=O) groups is 2. The predicted molar refractivity (Wildman–Crippen MR) is 74.3 cm³/mol. The monoisotopic (exact) mass is 293 g/mol. The minimum Gasteiger partial charge on any atom is -0.477 e. The van der Waals surface area contributed by atoms with Gasteiger partial charge in [0.25, 0.3) is 0 Å². The van der Waals surface area contributed by atoms with Crippen molar-refractivity contribution in [1.29, 1.82) is 0 Å². The van der Waals surface area contributed by atoms with Gasteiger partial charge in [0.1, 0.15) is 17.3 Å². The molecule has 0 aromatic heterocycles.